The molecule has 0 amide bonds. The highest BCUT2D eigenvalue weighted by Gasteiger charge is 2.37. The van der Waals surface area contributed by atoms with Gasteiger partial charge in [-0.05, 0) is 30.5 Å². The fourth-order valence-corrected chi connectivity index (χ4v) is 4.86. The highest BCUT2D eigenvalue weighted by molar-refractivity contribution is 7.89. The second kappa shape index (κ2) is 6.83. The normalized spacial score (nSPS) is 21.0. The van der Waals surface area contributed by atoms with Gasteiger partial charge < -0.3 is 5.11 Å². The van der Waals surface area contributed by atoms with Crippen molar-refractivity contribution >= 4 is 10.0 Å². The molecule has 1 N–H and O–H groups in total. The van der Waals surface area contributed by atoms with Crippen LogP contribution < -0.4 is 0 Å². The average molecular weight is 331 g/mol. The van der Waals surface area contributed by atoms with Crippen molar-refractivity contribution in [2.75, 3.05) is 6.54 Å². The molecule has 1 aliphatic rings. The number of aliphatic hydroxyl groups is 1. The van der Waals surface area contributed by atoms with E-state index >= 15 is 0 Å². The van der Waals surface area contributed by atoms with Crippen LogP contribution in [0, 0.1) is 0 Å². The molecule has 0 unspecified atom stereocenters. The zero-order chi connectivity index (χ0) is 16.3. The molecule has 122 valence electrons. The van der Waals surface area contributed by atoms with Gasteiger partial charge in [-0.15, -0.1) is 0 Å². The molecule has 0 spiro atoms. The number of sulfonamides is 1. The quantitative estimate of drug-likeness (QED) is 0.937. The lowest BCUT2D eigenvalue weighted by Crippen LogP contribution is -2.46. The van der Waals surface area contributed by atoms with Crippen LogP contribution in [0.5, 0.6) is 0 Å². The third-order valence-electron chi connectivity index (χ3n) is 4.35. The predicted molar refractivity (Wildman–Crippen MR) is 89.4 cm³/mol. The van der Waals surface area contributed by atoms with E-state index in [-0.39, 0.29) is 4.90 Å². The number of nitrogens with zero attached hydrogens (tertiary/aromatic N) is 1. The molecule has 4 nitrogen and oxygen atoms in total. The number of hydrogen-bond donors (Lipinski definition) is 1. The second-order valence-corrected chi connectivity index (χ2v) is 7.74. The first-order valence-electron chi connectivity index (χ1n) is 7.90. The Bertz CT molecular complexity index is 731. The molecule has 1 saturated heterocycles. The van der Waals surface area contributed by atoms with Crippen LogP contribution >= 0.6 is 0 Å². The fourth-order valence-electron chi connectivity index (χ4n) is 3.14. The van der Waals surface area contributed by atoms with Gasteiger partial charge in [-0.2, -0.15) is 4.31 Å². The zero-order valence-electron chi connectivity index (χ0n) is 12.9. The Morgan fingerprint density at radius 2 is 1.57 bits per heavy atom. The molecule has 2 aromatic carbocycles. The molecular weight excluding hydrogens is 310 g/mol. The molecule has 0 saturated carbocycles. The Hall–Kier alpha value is -1.69. The van der Waals surface area contributed by atoms with Gasteiger partial charge in [0.15, 0.2) is 0 Å². The van der Waals surface area contributed by atoms with Crippen molar-refractivity contribution in [3.63, 3.8) is 0 Å². The summed E-state index contributed by atoms with van der Waals surface area (Å²) in [5.74, 6) is 0. The van der Waals surface area contributed by atoms with Gasteiger partial charge in [0.05, 0.1) is 17.0 Å². The summed E-state index contributed by atoms with van der Waals surface area (Å²) in [7, 11) is -3.59. The van der Waals surface area contributed by atoms with Crippen LogP contribution in [0.1, 0.15) is 30.9 Å². The summed E-state index contributed by atoms with van der Waals surface area (Å²) in [5.41, 5.74) is 0.757. The molecule has 2 aromatic rings. The van der Waals surface area contributed by atoms with Crippen molar-refractivity contribution in [3.8, 4) is 0 Å². The van der Waals surface area contributed by atoms with E-state index in [1.807, 2.05) is 30.3 Å². The molecular formula is C18H21NO3S. The minimum Gasteiger partial charge on any atom is -0.387 e. The highest BCUT2D eigenvalue weighted by atomic mass is 32.2. The van der Waals surface area contributed by atoms with Crippen LogP contribution in [0.15, 0.2) is 65.6 Å². The summed E-state index contributed by atoms with van der Waals surface area (Å²) in [6.07, 6.45) is 1.61. The predicted octanol–water partition coefficient (Wildman–Crippen LogP) is 2.96. The molecule has 0 aliphatic carbocycles. The Labute approximate surface area is 137 Å². The lowest BCUT2D eigenvalue weighted by atomic mass is 9.95. The maximum atomic E-state index is 12.9. The largest absolute Gasteiger partial charge is 0.387 e. The first-order valence-corrected chi connectivity index (χ1v) is 9.34. The molecule has 1 aliphatic heterocycles. The van der Waals surface area contributed by atoms with Crippen LogP contribution in [0.4, 0.5) is 0 Å². The molecule has 0 aromatic heterocycles. The summed E-state index contributed by atoms with van der Waals surface area (Å²) in [5, 5.41) is 10.7. The van der Waals surface area contributed by atoms with E-state index in [1.54, 1.807) is 30.3 Å². The van der Waals surface area contributed by atoms with E-state index in [1.165, 1.54) is 4.31 Å². The smallest absolute Gasteiger partial charge is 0.243 e. The fraction of sp³-hybridized carbons (Fsp3) is 0.333. The van der Waals surface area contributed by atoms with E-state index in [0.717, 1.165) is 18.4 Å². The number of hydrogen-bond acceptors (Lipinski definition) is 3. The van der Waals surface area contributed by atoms with Crippen LogP contribution in [0.2, 0.25) is 0 Å². The topological polar surface area (TPSA) is 57.6 Å². The van der Waals surface area contributed by atoms with E-state index in [0.29, 0.717) is 13.0 Å². The van der Waals surface area contributed by atoms with E-state index < -0.39 is 22.2 Å². The van der Waals surface area contributed by atoms with E-state index in [9.17, 15) is 13.5 Å². The first kappa shape index (κ1) is 16.2. The van der Waals surface area contributed by atoms with Gasteiger partial charge in [0.2, 0.25) is 10.0 Å². The van der Waals surface area contributed by atoms with Crippen molar-refractivity contribution in [1.29, 1.82) is 0 Å². The molecule has 23 heavy (non-hydrogen) atoms. The maximum absolute atomic E-state index is 12.9. The molecule has 5 heteroatoms. The second-order valence-electron chi connectivity index (χ2n) is 5.85. The van der Waals surface area contributed by atoms with Crippen LogP contribution in [0.3, 0.4) is 0 Å². The SMILES string of the molecule is O=S(=O)(c1ccccc1)N1CCCC[C@@H]1[C@@H](O)c1ccccc1. The molecule has 0 bridgehead atoms. The Morgan fingerprint density at radius 1 is 0.957 bits per heavy atom. The van der Waals surface area contributed by atoms with Gasteiger partial charge in [0.1, 0.15) is 0 Å². The number of piperidine rings is 1. The summed E-state index contributed by atoms with van der Waals surface area (Å²) in [6, 6.07) is 17.3. The first-order chi connectivity index (χ1) is 11.1. The van der Waals surface area contributed by atoms with Gasteiger partial charge in [0.25, 0.3) is 0 Å². The number of aliphatic hydroxyl groups excluding tert-OH is 1. The van der Waals surface area contributed by atoms with E-state index in [2.05, 4.69) is 0 Å². The van der Waals surface area contributed by atoms with Crippen molar-refractivity contribution in [2.24, 2.45) is 0 Å². The van der Waals surface area contributed by atoms with Crippen molar-refractivity contribution in [1.82, 2.24) is 4.31 Å². The molecule has 1 fully saturated rings. The summed E-state index contributed by atoms with van der Waals surface area (Å²) < 4.78 is 27.4. The Balaban J connectivity index is 1.93. The van der Waals surface area contributed by atoms with Crippen molar-refractivity contribution < 1.29 is 13.5 Å². The standard InChI is InChI=1S/C18H21NO3S/c20-18(15-9-3-1-4-10-15)17-13-7-8-14-19(17)23(21,22)16-11-5-2-6-12-16/h1-6,9-12,17-18,20H,7-8,13-14H2/t17-,18+/m1/s1. The molecule has 3 rings (SSSR count). The van der Waals surface area contributed by atoms with Gasteiger partial charge in [0, 0.05) is 6.54 Å². The molecule has 1 heterocycles. The zero-order valence-corrected chi connectivity index (χ0v) is 13.7. The van der Waals surface area contributed by atoms with E-state index in [4.69, 9.17) is 0 Å². The highest BCUT2D eigenvalue weighted by Crippen LogP contribution is 2.32. The van der Waals surface area contributed by atoms with Crippen LogP contribution in [-0.4, -0.2) is 30.4 Å². The van der Waals surface area contributed by atoms with Gasteiger partial charge in [-0.1, -0.05) is 55.0 Å². The maximum Gasteiger partial charge on any atom is 0.243 e. The lowest BCUT2D eigenvalue weighted by molar-refractivity contribution is 0.0691. The van der Waals surface area contributed by atoms with Crippen molar-refractivity contribution in [3.05, 3.63) is 66.2 Å². The van der Waals surface area contributed by atoms with Crippen LogP contribution in [0.25, 0.3) is 0 Å². The van der Waals surface area contributed by atoms with Crippen molar-refractivity contribution in [2.45, 2.75) is 36.3 Å². The average Bonchev–Trinajstić information content (AvgIpc) is 2.62. The van der Waals surface area contributed by atoms with Gasteiger partial charge >= 0.3 is 0 Å². The van der Waals surface area contributed by atoms with Gasteiger partial charge in [-0.25, -0.2) is 8.42 Å². The van der Waals surface area contributed by atoms with Gasteiger partial charge in [-0.3, -0.25) is 0 Å². The summed E-state index contributed by atoms with van der Waals surface area (Å²) in [6.45, 7) is 0.450. The lowest BCUT2D eigenvalue weighted by Gasteiger charge is -2.37. The Morgan fingerprint density at radius 3 is 2.22 bits per heavy atom. The molecule has 2 atom stereocenters. The Kier molecular flexibility index (Phi) is 4.80. The summed E-state index contributed by atoms with van der Waals surface area (Å²) >= 11 is 0. The molecule has 0 radical (unpaired) electrons. The minimum atomic E-state index is -3.59. The monoisotopic (exact) mass is 331 g/mol. The summed E-state index contributed by atoms with van der Waals surface area (Å²) in [4.78, 5) is 0.284. The minimum absolute atomic E-state index is 0.284. The third-order valence-corrected chi connectivity index (χ3v) is 6.29. The van der Waals surface area contributed by atoms with Crippen LogP contribution in [-0.2, 0) is 10.0 Å². The number of rotatable bonds is 4. The number of benzene rings is 2. The third kappa shape index (κ3) is 3.32.